The molecule has 1 heterocycles. The van der Waals surface area contributed by atoms with Crippen molar-refractivity contribution in [2.24, 2.45) is 10.1 Å². The Hall–Kier alpha value is -3.87. The molecule has 6 nitrogen and oxygen atoms in total. The minimum Gasteiger partial charge on any atom is -0.260 e. The minimum atomic E-state index is -0.465. The Morgan fingerprint density at radius 3 is 2.19 bits per heavy atom. The van der Waals surface area contributed by atoms with E-state index < -0.39 is 10.7 Å². The molecule has 4 rings (SSSR count). The van der Waals surface area contributed by atoms with E-state index in [0.29, 0.717) is 28.4 Å². The van der Waals surface area contributed by atoms with Crippen LogP contribution in [-0.2, 0) is 5.41 Å². The van der Waals surface area contributed by atoms with Crippen LogP contribution in [0.4, 0.5) is 15.8 Å². The van der Waals surface area contributed by atoms with Gasteiger partial charge in [0.1, 0.15) is 11.5 Å². The molecular weight excluding hydrogens is 395 g/mol. The fourth-order valence-electron chi connectivity index (χ4n) is 3.33. The normalized spacial score (nSPS) is 13.4. The summed E-state index contributed by atoms with van der Waals surface area (Å²) in [5.41, 5.74) is 7.16. The van der Waals surface area contributed by atoms with Gasteiger partial charge in [-0.1, -0.05) is 45.0 Å². The van der Waals surface area contributed by atoms with Crippen molar-refractivity contribution < 1.29 is 9.31 Å². The van der Waals surface area contributed by atoms with Crippen molar-refractivity contribution in [3.63, 3.8) is 0 Å². The monoisotopic (exact) mass is 416 g/mol. The summed E-state index contributed by atoms with van der Waals surface area (Å²) in [5.74, 6) is 0.117. The first-order valence-corrected chi connectivity index (χ1v) is 9.80. The van der Waals surface area contributed by atoms with Crippen LogP contribution < -0.4 is 5.43 Å². The third kappa shape index (κ3) is 4.21. The van der Waals surface area contributed by atoms with Crippen LogP contribution >= 0.6 is 0 Å². The molecule has 31 heavy (non-hydrogen) atoms. The third-order valence-corrected chi connectivity index (χ3v) is 5.10. The van der Waals surface area contributed by atoms with Gasteiger partial charge in [0.15, 0.2) is 5.84 Å². The number of nitro groups is 1. The van der Waals surface area contributed by atoms with Gasteiger partial charge in [0.05, 0.1) is 10.6 Å². The van der Waals surface area contributed by atoms with Crippen LogP contribution in [0.1, 0.15) is 43.0 Å². The molecule has 0 aliphatic carbocycles. The number of nitro benzene ring substituents is 1. The summed E-state index contributed by atoms with van der Waals surface area (Å²) in [4.78, 5) is 15.2. The number of benzene rings is 3. The number of fused-ring (bicyclic) bond motifs is 1. The second-order valence-corrected chi connectivity index (χ2v) is 8.33. The molecule has 0 atom stereocenters. The SMILES string of the molecule is CC(C)(C)c1ccc(C2=Nc3ccc(F)cc3C(c3ccc([N+](=O)[O-])cc3)=NN2)cc1. The number of hydrogen-bond acceptors (Lipinski definition) is 5. The van der Waals surface area contributed by atoms with Crippen LogP contribution in [0.5, 0.6) is 0 Å². The van der Waals surface area contributed by atoms with Crippen LogP contribution in [0.25, 0.3) is 0 Å². The van der Waals surface area contributed by atoms with E-state index in [-0.39, 0.29) is 11.1 Å². The maximum absolute atomic E-state index is 14.0. The standard InChI is InChI=1S/C24H21FN4O2/c1-24(2,3)17-8-4-16(5-9-17)23-26-21-13-10-18(25)14-20(21)22(27-28-23)15-6-11-19(12-7-15)29(30)31/h4-14H,1-3H3,(H,26,28). The first-order chi connectivity index (χ1) is 14.7. The topological polar surface area (TPSA) is 79.9 Å². The molecule has 1 aliphatic rings. The van der Waals surface area contributed by atoms with Crippen molar-refractivity contribution in [3.05, 3.63) is 105 Å². The molecule has 0 fully saturated rings. The van der Waals surface area contributed by atoms with Crippen molar-refractivity contribution >= 4 is 22.9 Å². The van der Waals surface area contributed by atoms with Gasteiger partial charge in [-0.05, 0) is 41.3 Å². The Labute approximate surface area is 179 Å². The molecule has 0 saturated heterocycles. The Morgan fingerprint density at radius 2 is 1.58 bits per heavy atom. The largest absolute Gasteiger partial charge is 0.269 e. The number of hydrogen-bond donors (Lipinski definition) is 1. The first kappa shape index (κ1) is 20.4. The van der Waals surface area contributed by atoms with E-state index >= 15 is 0 Å². The number of aliphatic imine (C=N–C) groups is 1. The molecule has 7 heteroatoms. The van der Waals surface area contributed by atoms with Gasteiger partial charge in [0.2, 0.25) is 0 Å². The van der Waals surface area contributed by atoms with Crippen molar-refractivity contribution in [2.75, 3.05) is 0 Å². The Morgan fingerprint density at radius 1 is 0.935 bits per heavy atom. The van der Waals surface area contributed by atoms with E-state index in [4.69, 9.17) is 0 Å². The highest BCUT2D eigenvalue weighted by atomic mass is 19.1. The Balaban J connectivity index is 1.77. The van der Waals surface area contributed by atoms with Crippen LogP contribution in [0.3, 0.4) is 0 Å². The molecule has 0 unspecified atom stereocenters. The molecular formula is C24H21FN4O2. The molecule has 156 valence electrons. The van der Waals surface area contributed by atoms with Gasteiger partial charge >= 0.3 is 0 Å². The zero-order chi connectivity index (χ0) is 22.2. The quantitative estimate of drug-likeness (QED) is 0.454. The minimum absolute atomic E-state index is 0.0266. The lowest BCUT2D eigenvalue weighted by Crippen LogP contribution is -2.20. The van der Waals surface area contributed by atoms with Gasteiger partial charge in [0.25, 0.3) is 5.69 Å². The fourth-order valence-corrected chi connectivity index (χ4v) is 3.33. The highest BCUT2D eigenvalue weighted by Gasteiger charge is 2.20. The lowest BCUT2D eigenvalue weighted by molar-refractivity contribution is -0.384. The van der Waals surface area contributed by atoms with Gasteiger partial charge in [0, 0.05) is 28.8 Å². The number of halogens is 1. The summed E-state index contributed by atoms with van der Waals surface area (Å²) in [7, 11) is 0. The third-order valence-electron chi connectivity index (χ3n) is 5.10. The lowest BCUT2D eigenvalue weighted by Gasteiger charge is -2.19. The summed E-state index contributed by atoms with van der Waals surface area (Å²) in [6.45, 7) is 6.44. The average Bonchev–Trinajstić information content (AvgIpc) is 2.93. The number of non-ortho nitro benzene ring substituents is 1. The van der Waals surface area contributed by atoms with E-state index in [1.165, 1.54) is 29.8 Å². The average molecular weight is 416 g/mol. The van der Waals surface area contributed by atoms with E-state index in [9.17, 15) is 14.5 Å². The maximum Gasteiger partial charge on any atom is 0.269 e. The van der Waals surface area contributed by atoms with Crippen molar-refractivity contribution in [2.45, 2.75) is 26.2 Å². The number of nitrogens with zero attached hydrogens (tertiary/aromatic N) is 3. The van der Waals surface area contributed by atoms with E-state index in [2.05, 4.69) is 48.4 Å². The van der Waals surface area contributed by atoms with Crippen LogP contribution in [-0.4, -0.2) is 16.5 Å². The van der Waals surface area contributed by atoms with Crippen molar-refractivity contribution in [1.29, 1.82) is 0 Å². The van der Waals surface area contributed by atoms with E-state index in [1.54, 1.807) is 18.2 Å². The van der Waals surface area contributed by atoms with Crippen LogP contribution in [0.2, 0.25) is 0 Å². The molecule has 3 aromatic carbocycles. The van der Waals surface area contributed by atoms with Gasteiger partial charge in [-0.25, -0.2) is 9.38 Å². The number of amidine groups is 1. The predicted octanol–water partition coefficient (Wildman–Crippen LogP) is 5.47. The summed E-state index contributed by atoms with van der Waals surface area (Å²) in [6, 6.07) is 18.4. The number of hydrazone groups is 1. The molecule has 0 amide bonds. The van der Waals surface area contributed by atoms with Gasteiger partial charge < -0.3 is 0 Å². The second kappa shape index (κ2) is 7.75. The summed E-state index contributed by atoms with van der Waals surface area (Å²) < 4.78 is 14.0. The summed E-state index contributed by atoms with van der Waals surface area (Å²) >= 11 is 0. The molecule has 0 aromatic heterocycles. The molecule has 0 saturated carbocycles. The zero-order valence-corrected chi connectivity index (χ0v) is 17.4. The highest BCUT2D eigenvalue weighted by Crippen LogP contribution is 2.28. The van der Waals surface area contributed by atoms with Crippen molar-refractivity contribution in [1.82, 2.24) is 5.43 Å². The summed E-state index contributed by atoms with van der Waals surface area (Å²) in [5, 5.41) is 15.4. The van der Waals surface area contributed by atoms with E-state index in [1.807, 2.05) is 12.1 Å². The van der Waals surface area contributed by atoms with Gasteiger partial charge in [-0.15, -0.1) is 0 Å². The second-order valence-electron chi connectivity index (χ2n) is 8.33. The van der Waals surface area contributed by atoms with Crippen molar-refractivity contribution in [3.8, 4) is 0 Å². The number of nitrogens with one attached hydrogen (secondary N) is 1. The predicted molar refractivity (Wildman–Crippen MR) is 120 cm³/mol. The van der Waals surface area contributed by atoms with Gasteiger partial charge in [-0.3, -0.25) is 15.5 Å². The molecule has 1 aliphatic heterocycles. The van der Waals surface area contributed by atoms with Crippen LogP contribution in [0.15, 0.2) is 76.8 Å². The highest BCUT2D eigenvalue weighted by molar-refractivity contribution is 6.18. The van der Waals surface area contributed by atoms with Crippen LogP contribution in [0, 0.1) is 15.9 Å². The Bertz CT molecular complexity index is 1210. The fraction of sp³-hybridized carbons (Fsp3) is 0.167. The first-order valence-electron chi connectivity index (χ1n) is 9.80. The summed E-state index contributed by atoms with van der Waals surface area (Å²) in [6.07, 6.45) is 0. The maximum atomic E-state index is 14.0. The Kier molecular flexibility index (Phi) is 5.10. The zero-order valence-electron chi connectivity index (χ0n) is 17.4. The molecule has 0 spiro atoms. The van der Waals surface area contributed by atoms with Gasteiger partial charge in [-0.2, -0.15) is 5.10 Å². The molecule has 1 N–H and O–H groups in total. The molecule has 3 aromatic rings. The molecule has 0 bridgehead atoms. The van der Waals surface area contributed by atoms with E-state index in [0.717, 1.165) is 5.56 Å². The smallest absolute Gasteiger partial charge is 0.260 e. The lowest BCUT2D eigenvalue weighted by atomic mass is 9.86. The molecule has 0 radical (unpaired) electrons. The number of rotatable bonds is 3.